The summed E-state index contributed by atoms with van der Waals surface area (Å²) in [6.07, 6.45) is 0.800. The van der Waals surface area contributed by atoms with Crippen molar-refractivity contribution in [2.24, 2.45) is 5.73 Å². The zero-order chi connectivity index (χ0) is 15.2. The van der Waals surface area contributed by atoms with E-state index in [9.17, 15) is 0 Å². The quantitative estimate of drug-likeness (QED) is 0.868. The van der Waals surface area contributed by atoms with Crippen LogP contribution in [0.2, 0.25) is 0 Å². The van der Waals surface area contributed by atoms with Crippen LogP contribution in [0.25, 0.3) is 0 Å². The standard InChI is InChI=1S/C16H19BrN2O2/c1-11-4-3-5-13(19-11)10-21-16-14(17)8-12(6-7-18)9-15(16)20-2/h3-5,8-9H,6-7,10,18H2,1-2H3. The average molecular weight is 351 g/mol. The van der Waals surface area contributed by atoms with E-state index in [1.54, 1.807) is 7.11 Å². The van der Waals surface area contributed by atoms with Crippen LogP contribution < -0.4 is 15.2 Å². The lowest BCUT2D eigenvalue weighted by Gasteiger charge is -2.14. The molecule has 2 N–H and O–H groups in total. The van der Waals surface area contributed by atoms with Gasteiger partial charge >= 0.3 is 0 Å². The first-order chi connectivity index (χ1) is 10.1. The Bertz CT molecular complexity index is 617. The molecule has 0 fully saturated rings. The molecule has 2 aromatic rings. The Morgan fingerprint density at radius 3 is 2.76 bits per heavy atom. The molecule has 1 aromatic carbocycles. The number of benzene rings is 1. The van der Waals surface area contributed by atoms with Gasteiger partial charge in [0.05, 0.1) is 17.3 Å². The zero-order valence-corrected chi connectivity index (χ0v) is 13.8. The van der Waals surface area contributed by atoms with Crippen LogP contribution in [0.15, 0.2) is 34.8 Å². The van der Waals surface area contributed by atoms with Gasteiger partial charge in [0.2, 0.25) is 0 Å². The van der Waals surface area contributed by atoms with E-state index in [2.05, 4.69) is 20.9 Å². The fraction of sp³-hybridized carbons (Fsp3) is 0.312. The summed E-state index contributed by atoms with van der Waals surface area (Å²) >= 11 is 3.53. The molecule has 0 unspecified atom stereocenters. The number of methoxy groups -OCH3 is 1. The van der Waals surface area contributed by atoms with Gasteiger partial charge in [0.25, 0.3) is 0 Å². The lowest BCUT2D eigenvalue weighted by Crippen LogP contribution is -2.05. The number of halogens is 1. The summed E-state index contributed by atoms with van der Waals surface area (Å²) in [7, 11) is 1.63. The highest BCUT2D eigenvalue weighted by Crippen LogP contribution is 2.37. The largest absolute Gasteiger partial charge is 0.493 e. The van der Waals surface area contributed by atoms with E-state index in [0.717, 1.165) is 27.8 Å². The Kier molecular flexibility index (Phi) is 5.59. The fourth-order valence-corrected chi connectivity index (χ4v) is 2.65. The molecule has 0 spiro atoms. The third kappa shape index (κ3) is 4.19. The van der Waals surface area contributed by atoms with Gasteiger partial charge in [-0.3, -0.25) is 4.98 Å². The highest BCUT2D eigenvalue weighted by atomic mass is 79.9. The lowest BCUT2D eigenvalue weighted by molar-refractivity contribution is 0.278. The Balaban J connectivity index is 2.19. The lowest BCUT2D eigenvalue weighted by atomic mass is 10.1. The molecular weight excluding hydrogens is 332 g/mol. The minimum atomic E-state index is 0.396. The van der Waals surface area contributed by atoms with Gasteiger partial charge < -0.3 is 15.2 Å². The molecule has 0 saturated carbocycles. The molecule has 0 bridgehead atoms. The fourth-order valence-electron chi connectivity index (χ4n) is 2.05. The first-order valence-corrected chi connectivity index (χ1v) is 7.55. The predicted octanol–water partition coefficient (Wildman–Crippen LogP) is 3.24. The molecule has 0 amide bonds. The van der Waals surface area contributed by atoms with Crippen LogP contribution in [0, 0.1) is 6.92 Å². The van der Waals surface area contributed by atoms with E-state index in [-0.39, 0.29) is 0 Å². The molecule has 4 nitrogen and oxygen atoms in total. The van der Waals surface area contributed by atoms with Crippen LogP contribution in [-0.4, -0.2) is 18.6 Å². The van der Waals surface area contributed by atoms with Crippen LogP contribution in [0.4, 0.5) is 0 Å². The number of nitrogens with zero attached hydrogens (tertiary/aromatic N) is 1. The molecule has 1 heterocycles. The maximum Gasteiger partial charge on any atom is 0.175 e. The number of ether oxygens (including phenoxy) is 2. The predicted molar refractivity (Wildman–Crippen MR) is 86.8 cm³/mol. The first kappa shape index (κ1) is 15.8. The Morgan fingerprint density at radius 1 is 1.29 bits per heavy atom. The van der Waals surface area contributed by atoms with Crippen LogP contribution >= 0.6 is 15.9 Å². The summed E-state index contributed by atoms with van der Waals surface area (Å²) in [4.78, 5) is 4.42. The summed E-state index contributed by atoms with van der Waals surface area (Å²) in [5, 5.41) is 0. The summed E-state index contributed by atoms with van der Waals surface area (Å²) in [5.74, 6) is 1.38. The van der Waals surface area contributed by atoms with Gasteiger partial charge in [0, 0.05) is 5.69 Å². The third-order valence-corrected chi connectivity index (χ3v) is 3.62. The molecule has 21 heavy (non-hydrogen) atoms. The molecular formula is C16H19BrN2O2. The van der Waals surface area contributed by atoms with E-state index in [4.69, 9.17) is 15.2 Å². The second-order valence-electron chi connectivity index (χ2n) is 4.71. The van der Waals surface area contributed by atoms with Crippen molar-refractivity contribution in [1.82, 2.24) is 4.98 Å². The van der Waals surface area contributed by atoms with Gasteiger partial charge in [-0.2, -0.15) is 0 Å². The number of hydrogen-bond donors (Lipinski definition) is 1. The van der Waals surface area contributed by atoms with E-state index in [1.165, 1.54) is 0 Å². The smallest absolute Gasteiger partial charge is 0.175 e. The van der Waals surface area contributed by atoms with Gasteiger partial charge in [-0.15, -0.1) is 0 Å². The number of aromatic nitrogens is 1. The van der Waals surface area contributed by atoms with Crippen LogP contribution in [-0.2, 0) is 13.0 Å². The second kappa shape index (κ2) is 7.43. The van der Waals surface area contributed by atoms with E-state index < -0.39 is 0 Å². The van der Waals surface area contributed by atoms with Crippen molar-refractivity contribution in [2.75, 3.05) is 13.7 Å². The molecule has 0 aliphatic carbocycles. The van der Waals surface area contributed by atoms with Gasteiger partial charge in [0.1, 0.15) is 6.61 Å². The van der Waals surface area contributed by atoms with Crippen molar-refractivity contribution in [1.29, 1.82) is 0 Å². The maximum atomic E-state index is 5.87. The molecule has 1 aromatic heterocycles. The Morgan fingerprint density at radius 2 is 2.10 bits per heavy atom. The molecule has 0 saturated heterocycles. The highest BCUT2D eigenvalue weighted by molar-refractivity contribution is 9.10. The average Bonchev–Trinajstić information content (AvgIpc) is 2.46. The summed E-state index contributed by atoms with van der Waals surface area (Å²) in [6, 6.07) is 9.83. The van der Waals surface area contributed by atoms with Gasteiger partial charge in [-0.05, 0) is 65.6 Å². The Hall–Kier alpha value is -1.59. The van der Waals surface area contributed by atoms with Gasteiger partial charge in [-0.25, -0.2) is 0 Å². The molecule has 0 radical (unpaired) electrons. The van der Waals surface area contributed by atoms with E-state index >= 15 is 0 Å². The maximum absolute atomic E-state index is 5.87. The Labute approximate surface area is 133 Å². The SMILES string of the molecule is COc1cc(CCN)cc(Br)c1OCc1cccc(C)n1. The summed E-state index contributed by atoms with van der Waals surface area (Å²) in [6.45, 7) is 2.96. The number of aryl methyl sites for hydroxylation is 1. The van der Waals surface area contributed by atoms with Crippen molar-refractivity contribution in [3.8, 4) is 11.5 Å². The molecule has 112 valence electrons. The minimum Gasteiger partial charge on any atom is -0.493 e. The highest BCUT2D eigenvalue weighted by Gasteiger charge is 2.12. The zero-order valence-electron chi connectivity index (χ0n) is 12.2. The van der Waals surface area contributed by atoms with Crippen LogP contribution in [0.5, 0.6) is 11.5 Å². The van der Waals surface area contributed by atoms with Gasteiger partial charge in [-0.1, -0.05) is 6.07 Å². The monoisotopic (exact) mass is 350 g/mol. The molecule has 2 rings (SSSR count). The normalized spacial score (nSPS) is 10.5. The third-order valence-electron chi connectivity index (χ3n) is 3.03. The molecule has 5 heteroatoms. The number of pyridine rings is 1. The van der Waals surface area contributed by atoms with Crippen LogP contribution in [0.3, 0.4) is 0 Å². The molecule has 0 aliphatic heterocycles. The number of rotatable bonds is 6. The number of hydrogen-bond acceptors (Lipinski definition) is 4. The molecule has 0 atom stereocenters. The van der Waals surface area contributed by atoms with Crippen molar-refractivity contribution in [3.05, 3.63) is 51.8 Å². The topological polar surface area (TPSA) is 57.4 Å². The summed E-state index contributed by atoms with van der Waals surface area (Å²) < 4.78 is 12.1. The van der Waals surface area contributed by atoms with E-state index in [1.807, 2.05) is 37.3 Å². The van der Waals surface area contributed by atoms with E-state index in [0.29, 0.717) is 24.7 Å². The summed E-state index contributed by atoms with van der Waals surface area (Å²) in [5.41, 5.74) is 8.56. The van der Waals surface area contributed by atoms with Gasteiger partial charge in [0.15, 0.2) is 11.5 Å². The van der Waals surface area contributed by atoms with Crippen molar-refractivity contribution in [3.63, 3.8) is 0 Å². The first-order valence-electron chi connectivity index (χ1n) is 6.76. The number of nitrogens with two attached hydrogens (primary N) is 1. The minimum absolute atomic E-state index is 0.396. The van der Waals surface area contributed by atoms with Crippen molar-refractivity contribution < 1.29 is 9.47 Å². The second-order valence-corrected chi connectivity index (χ2v) is 5.56. The van der Waals surface area contributed by atoms with Crippen LogP contribution in [0.1, 0.15) is 17.0 Å². The molecule has 0 aliphatic rings. The van der Waals surface area contributed by atoms with Crippen molar-refractivity contribution >= 4 is 15.9 Å². The van der Waals surface area contributed by atoms with Crippen molar-refractivity contribution in [2.45, 2.75) is 20.0 Å².